The highest BCUT2D eigenvalue weighted by Crippen LogP contribution is 2.28. The normalized spacial score (nSPS) is 11.1. The Labute approximate surface area is 205 Å². The van der Waals surface area contributed by atoms with Gasteiger partial charge in [0.05, 0.1) is 12.0 Å². The van der Waals surface area contributed by atoms with Crippen molar-refractivity contribution in [1.82, 2.24) is 20.2 Å². The minimum atomic E-state index is -0.257. The van der Waals surface area contributed by atoms with Crippen molar-refractivity contribution in [2.45, 2.75) is 12.1 Å². The molecule has 0 saturated carbocycles. The smallest absolute Gasteiger partial charge is 0.250 e. The number of aromatic nitrogens is 3. The van der Waals surface area contributed by atoms with Crippen LogP contribution in [0.15, 0.2) is 83.1 Å². The molecular formula is C24H19Cl2N5OS. The molecule has 0 aliphatic rings. The Bertz CT molecular complexity index is 1270. The van der Waals surface area contributed by atoms with Gasteiger partial charge in [0.15, 0.2) is 11.0 Å². The zero-order valence-electron chi connectivity index (χ0n) is 17.6. The molecular weight excluding hydrogens is 477 g/mol. The maximum absolute atomic E-state index is 12.3. The van der Waals surface area contributed by atoms with Gasteiger partial charge in [0, 0.05) is 21.3 Å². The average Bonchev–Trinajstić information content (AvgIpc) is 3.24. The number of hydrogen-bond acceptors (Lipinski definition) is 5. The molecule has 3 aromatic carbocycles. The fraction of sp³-hybridized carbons (Fsp3) is 0.0833. The van der Waals surface area contributed by atoms with Crippen LogP contribution in [0.2, 0.25) is 10.0 Å². The number of benzene rings is 3. The number of halogens is 2. The third-order valence-corrected chi connectivity index (χ3v) is 6.07. The number of hydrogen-bond donors (Lipinski definition) is 1. The fourth-order valence-electron chi connectivity index (χ4n) is 2.97. The van der Waals surface area contributed by atoms with Crippen LogP contribution >= 0.6 is 35.0 Å². The molecule has 0 radical (unpaired) electrons. The lowest BCUT2D eigenvalue weighted by Crippen LogP contribution is -2.20. The number of rotatable bonds is 7. The molecule has 1 amide bonds. The molecule has 0 unspecified atom stereocenters. The van der Waals surface area contributed by atoms with E-state index in [1.54, 1.807) is 18.3 Å². The van der Waals surface area contributed by atoms with Gasteiger partial charge < -0.3 is 0 Å². The first kappa shape index (κ1) is 23.0. The van der Waals surface area contributed by atoms with E-state index in [0.717, 1.165) is 22.4 Å². The number of amides is 1. The topological polar surface area (TPSA) is 72.2 Å². The molecule has 1 aromatic heterocycles. The van der Waals surface area contributed by atoms with Crippen molar-refractivity contribution in [3.63, 3.8) is 0 Å². The quantitative estimate of drug-likeness (QED) is 0.200. The fourth-order valence-corrected chi connectivity index (χ4v) is 3.96. The predicted molar refractivity (Wildman–Crippen MR) is 134 cm³/mol. The van der Waals surface area contributed by atoms with E-state index in [-0.39, 0.29) is 11.7 Å². The molecule has 4 aromatic rings. The SMILES string of the molecule is Cc1ccc(-c2nnc(SCC(=O)N/N=C\c3ccc(Cl)cc3)n2-c2ccc(Cl)cc2)cc1. The Morgan fingerprint density at radius 3 is 2.27 bits per heavy atom. The maximum Gasteiger partial charge on any atom is 0.250 e. The van der Waals surface area contributed by atoms with Crippen LogP contribution in [-0.4, -0.2) is 32.6 Å². The van der Waals surface area contributed by atoms with E-state index in [2.05, 4.69) is 20.7 Å². The molecule has 6 nitrogen and oxygen atoms in total. The van der Waals surface area contributed by atoms with Crippen molar-refractivity contribution in [3.8, 4) is 17.1 Å². The first-order chi connectivity index (χ1) is 16.0. The summed E-state index contributed by atoms with van der Waals surface area (Å²) in [5, 5.41) is 14.6. The van der Waals surface area contributed by atoms with Crippen molar-refractivity contribution in [2.75, 3.05) is 5.75 Å². The summed E-state index contributed by atoms with van der Waals surface area (Å²) in [6.45, 7) is 2.03. The molecule has 0 fully saturated rings. The second kappa shape index (κ2) is 10.7. The van der Waals surface area contributed by atoms with Crippen LogP contribution in [0, 0.1) is 6.92 Å². The molecule has 9 heteroatoms. The summed E-state index contributed by atoms with van der Waals surface area (Å²) in [4.78, 5) is 12.3. The van der Waals surface area contributed by atoms with Gasteiger partial charge in [-0.05, 0) is 48.9 Å². The first-order valence-electron chi connectivity index (χ1n) is 9.98. The summed E-state index contributed by atoms with van der Waals surface area (Å²) in [6.07, 6.45) is 1.56. The average molecular weight is 496 g/mol. The molecule has 0 saturated heterocycles. The number of aryl methyl sites for hydroxylation is 1. The van der Waals surface area contributed by atoms with Crippen LogP contribution in [0.5, 0.6) is 0 Å². The summed E-state index contributed by atoms with van der Waals surface area (Å²) in [7, 11) is 0. The number of thioether (sulfide) groups is 1. The van der Waals surface area contributed by atoms with Crippen LogP contribution in [0.1, 0.15) is 11.1 Å². The van der Waals surface area contributed by atoms with Gasteiger partial charge >= 0.3 is 0 Å². The van der Waals surface area contributed by atoms with E-state index in [1.807, 2.05) is 72.2 Å². The van der Waals surface area contributed by atoms with Gasteiger partial charge in [0.25, 0.3) is 5.91 Å². The Kier molecular flexibility index (Phi) is 7.44. The van der Waals surface area contributed by atoms with Gasteiger partial charge in [-0.2, -0.15) is 5.10 Å². The van der Waals surface area contributed by atoms with E-state index in [0.29, 0.717) is 21.0 Å². The number of nitrogens with one attached hydrogen (secondary N) is 1. The molecule has 0 spiro atoms. The molecule has 4 rings (SSSR count). The Morgan fingerprint density at radius 1 is 0.970 bits per heavy atom. The molecule has 0 aliphatic heterocycles. The van der Waals surface area contributed by atoms with Crippen LogP contribution in [-0.2, 0) is 4.79 Å². The van der Waals surface area contributed by atoms with Crippen molar-refractivity contribution in [2.24, 2.45) is 5.10 Å². The summed E-state index contributed by atoms with van der Waals surface area (Å²) in [5.74, 6) is 0.547. The van der Waals surface area contributed by atoms with Crippen molar-refractivity contribution >= 4 is 47.1 Å². The van der Waals surface area contributed by atoms with E-state index < -0.39 is 0 Å². The third kappa shape index (κ3) is 6.01. The largest absolute Gasteiger partial charge is 0.272 e. The minimum Gasteiger partial charge on any atom is -0.272 e. The van der Waals surface area contributed by atoms with Gasteiger partial charge in [0.2, 0.25) is 0 Å². The zero-order chi connectivity index (χ0) is 23.2. The highest BCUT2D eigenvalue weighted by atomic mass is 35.5. The number of carbonyl (C=O) groups is 1. The standard InChI is InChI=1S/C24H19Cl2N5OS/c1-16-2-6-18(7-3-16)23-29-30-24(31(23)21-12-10-20(26)11-13-21)33-15-22(32)28-27-14-17-4-8-19(25)9-5-17/h2-14H,15H2,1H3,(H,28,32)/b27-14-. The Balaban J connectivity index is 1.51. The lowest BCUT2D eigenvalue weighted by molar-refractivity contribution is -0.118. The lowest BCUT2D eigenvalue weighted by atomic mass is 10.1. The van der Waals surface area contributed by atoms with E-state index in [1.165, 1.54) is 11.8 Å². The third-order valence-electron chi connectivity index (χ3n) is 4.63. The van der Waals surface area contributed by atoms with Gasteiger partial charge in [0.1, 0.15) is 0 Å². The van der Waals surface area contributed by atoms with E-state index >= 15 is 0 Å². The van der Waals surface area contributed by atoms with Crippen LogP contribution in [0.25, 0.3) is 17.1 Å². The minimum absolute atomic E-state index is 0.123. The van der Waals surface area contributed by atoms with Crippen LogP contribution in [0.4, 0.5) is 0 Å². The predicted octanol–water partition coefficient (Wildman–Crippen LogP) is 5.79. The number of carbonyl (C=O) groups excluding carboxylic acids is 1. The van der Waals surface area contributed by atoms with E-state index in [9.17, 15) is 4.79 Å². The maximum atomic E-state index is 12.3. The summed E-state index contributed by atoms with van der Waals surface area (Å²) < 4.78 is 1.91. The molecule has 33 heavy (non-hydrogen) atoms. The summed E-state index contributed by atoms with van der Waals surface area (Å²) >= 11 is 13.2. The second-order valence-electron chi connectivity index (χ2n) is 7.12. The summed E-state index contributed by atoms with van der Waals surface area (Å²) in [6, 6.07) is 22.6. The van der Waals surface area contributed by atoms with Crippen LogP contribution < -0.4 is 5.43 Å². The van der Waals surface area contributed by atoms with Crippen LogP contribution in [0.3, 0.4) is 0 Å². The number of nitrogens with zero attached hydrogens (tertiary/aromatic N) is 4. The molecule has 0 atom stereocenters. The molecule has 166 valence electrons. The Hall–Kier alpha value is -3.13. The van der Waals surface area contributed by atoms with Gasteiger partial charge in [-0.15, -0.1) is 10.2 Å². The summed E-state index contributed by atoms with van der Waals surface area (Å²) in [5.41, 5.74) is 6.29. The van der Waals surface area contributed by atoms with Gasteiger partial charge in [-0.1, -0.05) is 76.9 Å². The molecule has 1 heterocycles. The molecule has 1 N–H and O–H groups in total. The van der Waals surface area contributed by atoms with Gasteiger partial charge in [-0.25, -0.2) is 5.43 Å². The number of hydrazone groups is 1. The van der Waals surface area contributed by atoms with E-state index in [4.69, 9.17) is 23.2 Å². The zero-order valence-corrected chi connectivity index (χ0v) is 19.9. The second-order valence-corrected chi connectivity index (χ2v) is 8.93. The Morgan fingerprint density at radius 2 is 1.61 bits per heavy atom. The van der Waals surface area contributed by atoms with Crippen molar-refractivity contribution in [3.05, 3.63) is 94.0 Å². The highest BCUT2D eigenvalue weighted by Gasteiger charge is 2.17. The van der Waals surface area contributed by atoms with Crippen molar-refractivity contribution in [1.29, 1.82) is 0 Å². The first-order valence-corrected chi connectivity index (χ1v) is 11.7. The highest BCUT2D eigenvalue weighted by molar-refractivity contribution is 7.99. The monoisotopic (exact) mass is 495 g/mol. The van der Waals surface area contributed by atoms with Gasteiger partial charge in [-0.3, -0.25) is 9.36 Å². The molecule has 0 bridgehead atoms. The van der Waals surface area contributed by atoms with Crippen molar-refractivity contribution < 1.29 is 4.79 Å². The lowest BCUT2D eigenvalue weighted by Gasteiger charge is -2.10. The molecule has 0 aliphatic carbocycles.